The molecule has 1 atom stereocenters. The van der Waals surface area contributed by atoms with Crippen LogP contribution in [-0.2, 0) is 27.5 Å². The van der Waals surface area contributed by atoms with Crippen LogP contribution >= 0.6 is 11.3 Å². The van der Waals surface area contributed by atoms with Gasteiger partial charge in [0.1, 0.15) is 29.2 Å². The molecule has 0 radical (unpaired) electrons. The summed E-state index contributed by atoms with van der Waals surface area (Å²) in [4.78, 5) is 57.9. The third kappa shape index (κ3) is 8.33. The summed E-state index contributed by atoms with van der Waals surface area (Å²) in [5.41, 5.74) is 0.917. The fraction of sp³-hybridized carbons (Fsp3) is 0.281. The van der Waals surface area contributed by atoms with E-state index in [2.05, 4.69) is 10.3 Å². The molecule has 2 heterocycles. The van der Waals surface area contributed by atoms with Gasteiger partial charge in [0.2, 0.25) is 11.8 Å². The zero-order valence-electron chi connectivity index (χ0n) is 25.7. The van der Waals surface area contributed by atoms with Gasteiger partial charge >= 0.3 is 6.09 Å². The fourth-order valence-electron chi connectivity index (χ4n) is 4.46. The maximum absolute atomic E-state index is 14.0. The van der Waals surface area contributed by atoms with Gasteiger partial charge in [0.05, 0.1) is 23.9 Å². The van der Waals surface area contributed by atoms with Crippen molar-refractivity contribution in [2.24, 2.45) is 0 Å². The van der Waals surface area contributed by atoms with Crippen molar-refractivity contribution in [2.75, 3.05) is 33.6 Å². The Balaban J connectivity index is 1.49. The number of hydrogen-bond donors (Lipinski definition) is 1. The second-order valence-corrected chi connectivity index (χ2v) is 11.5. The van der Waals surface area contributed by atoms with Gasteiger partial charge in [0.15, 0.2) is 11.6 Å². The molecule has 4 rings (SSSR count). The lowest BCUT2D eigenvalue weighted by Gasteiger charge is -2.25. The van der Waals surface area contributed by atoms with Gasteiger partial charge in [-0.2, -0.15) is 0 Å². The Morgan fingerprint density at radius 2 is 1.89 bits per heavy atom. The van der Waals surface area contributed by atoms with E-state index in [0.717, 1.165) is 27.3 Å². The minimum absolute atomic E-state index is 0.00520. The normalized spacial score (nSPS) is 11.8. The molecular weight excluding hydrogens is 620 g/mol. The molecule has 0 aliphatic carbocycles. The van der Waals surface area contributed by atoms with Gasteiger partial charge in [-0.1, -0.05) is 18.2 Å². The first-order valence-corrected chi connectivity index (χ1v) is 14.9. The molecule has 11 nitrogen and oxygen atoms in total. The smallest absolute Gasteiger partial charge is 0.409 e. The van der Waals surface area contributed by atoms with E-state index in [4.69, 9.17) is 9.47 Å². The number of aromatic nitrogens is 2. The van der Waals surface area contributed by atoms with E-state index in [0.29, 0.717) is 16.9 Å². The number of likely N-dealkylation sites (N-methyl/N-ethyl adjacent to an activating group) is 2. The highest BCUT2D eigenvalue weighted by atomic mass is 32.1. The Labute approximate surface area is 267 Å². The van der Waals surface area contributed by atoms with Crippen LogP contribution in [0.5, 0.6) is 5.75 Å². The first-order valence-electron chi connectivity index (χ1n) is 14.1. The summed E-state index contributed by atoms with van der Waals surface area (Å²) in [5.74, 6) is -2.40. The Morgan fingerprint density at radius 3 is 2.61 bits per heavy atom. The van der Waals surface area contributed by atoms with Crippen LogP contribution in [0.25, 0.3) is 10.2 Å². The van der Waals surface area contributed by atoms with Crippen molar-refractivity contribution < 1.29 is 32.6 Å². The Bertz CT molecular complexity index is 1820. The second kappa shape index (κ2) is 15.3. The topological polar surface area (TPSA) is 123 Å². The average Bonchev–Trinajstić information content (AvgIpc) is 3.44. The monoisotopic (exact) mass is 653 g/mol. The number of hydrogen-bond acceptors (Lipinski definition) is 8. The zero-order valence-corrected chi connectivity index (χ0v) is 26.5. The average molecular weight is 654 g/mol. The van der Waals surface area contributed by atoms with Crippen LogP contribution in [0.1, 0.15) is 23.4 Å². The summed E-state index contributed by atoms with van der Waals surface area (Å²) in [7, 11) is 5.84. The highest BCUT2D eigenvalue weighted by Crippen LogP contribution is 2.28. The summed E-state index contributed by atoms with van der Waals surface area (Å²) in [6.07, 6.45) is 4.30. The minimum atomic E-state index is -0.993. The van der Waals surface area contributed by atoms with Gasteiger partial charge in [-0.05, 0) is 49.2 Å². The molecule has 2 aromatic heterocycles. The van der Waals surface area contributed by atoms with E-state index in [1.807, 2.05) is 6.07 Å². The summed E-state index contributed by atoms with van der Waals surface area (Å²) in [6, 6.07) is 10.6. The van der Waals surface area contributed by atoms with E-state index in [1.54, 1.807) is 44.6 Å². The molecule has 46 heavy (non-hydrogen) atoms. The van der Waals surface area contributed by atoms with Crippen molar-refractivity contribution in [1.29, 1.82) is 0 Å². The van der Waals surface area contributed by atoms with Crippen molar-refractivity contribution in [3.63, 3.8) is 0 Å². The lowest BCUT2D eigenvalue weighted by Crippen LogP contribution is -2.45. The number of halogens is 2. The molecule has 1 N–H and O–H groups in total. The van der Waals surface area contributed by atoms with Gasteiger partial charge in [0, 0.05) is 39.0 Å². The van der Waals surface area contributed by atoms with E-state index in [-0.39, 0.29) is 36.9 Å². The number of methoxy groups -OCH3 is 1. The van der Waals surface area contributed by atoms with Crippen molar-refractivity contribution >= 4 is 45.1 Å². The molecule has 0 bridgehead atoms. The maximum atomic E-state index is 14.0. The fourth-order valence-corrected chi connectivity index (χ4v) is 5.52. The van der Waals surface area contributed by atoms with E-state index >= 15 is 0 Å². The molecule has 0 saturated carbocycles. The number of nitrogens with zero attached hydrogens (tertiary/aromatic N) is 4. The number of pyridine rings is 1. The van der Waals surface area contributed by atoms with Crippen molar-refractivity contribution in [2.45, 2.75) is 32.0 Å². The van der Waals surface area contributed by atoms with E-state index < -0.39 is 35.2 Å². The van der Waals surface area contributed by atoms with Crippen LogP contribution in [0.15, 0.2) is 71.7 Å². The van der Waals surface area contributed by atoms with Crippen molar-refractivity contribution in [3.8, 4) is 5.75 Å². The van der Waals surface area contributed by atoms with Gasteiger partial charge in [-0.15, -0.1) is 11.3 Å². The molecule has 242 valence electrons. The number of benzene rings is 2. The number of fused-ring (bicyclic) bond motifs is 1. The van der Waals surface area contributed by atoms with Crippen LogP contribution in [-0.4, -0.2) is 71.6 Å². The molecule has 0 spiro atoms. The number of ether oxygens (including phenoxy) is 2. The largest absolute Gasteiger partial charge is 0.486 e. The molecule has 2 aromatic carbocycles. The standard InChI is InChI=1S/C32H33F2N5O6S/c1-37(2)28(40)13-6-5-12-25(38(3)32(43)44-4)30(41)36-24-11-8-16-39(31(24)42)18-27-35-23-10-7-9-20(29(23)46-27)19-45-26-15-14-21(33)17-22(26)34/h6-11,13-17,25H,5,12,18-19H2,1-4H3,(H,36,41)/b13-6+/t25-/m0/s1. The number of nitrogens with one attached hydrogen (secondary N) is 1. The number of carbonyl (C=O) groups is 3. The van der Waals surface area contributed by atoms with Crippen LogP contribution in [0.3, 0.4) is 0 Å². The second-order valence-electron chi connectivity index (χ2n) is 10.4. The third-order valence-corrected chi connectivity index (χ3v) is 8.07. The summed E-state index contributed by atoms with van der Waals surface area (Å²) in [5, 5.41) is 3.23. The van der Waals surface area contributed by atoms with Crippen LogP contribution in [0.2, 0.25) is 0 Å². The molecule has 0 aliphatic heterocycles. The van der Waals surface area contributed by atoms with Gasteiger partial charge in [0.25, 0.3) is 5.56 Å². The van der Waals surface area contributed by atoms with Gasteiger partial charge < -0.3 is 24.3 Å². The molecule has 4 aromatic rings. The van der Waals surface area contributed by atoms with Gasteiger partial charge in [-0.25, -0.2) is 18.6 Å². The number of anilines is 1. The van der Waals surface area contributed by atoms with Gasteiger partial charge in [-0.3, -0.25) is 19.3 Å². The lowest BCUT2D eigenvalue weighted by atomic mass is 10.1. The van der Waals surface area contributed by atoms with E-state index in [1.165, 1.54) is 53.2 Å². The number of allylic oxidation sites excluding steroid dienone is 1. The molecule has 0 saturated heterocycles. The number of rotatable bonds is 12. The quantitative estimate of drug-likeness (QED) is 0.218. The summed E-state index contributed by atoms with van der Waals surface area (Å²) < 4.78 is 39.8. The summed E-state index contributed by atoms with van der Waals surface area (Å²) in [6.45, 7) is 0.122. The van der Waals surface area contributed by atoms with Crippen LogP contribution < -0.4 is 15.6 Å². The highest BCUT2D eigenvalue weighted by Gasteiger charge is 2.28. The predicted molar refractivity (Wildman–Crippen MR) is 170 cm³/mol. The Kier molecular flexibility index (Phi) is 11.2. The predicted octanol–water partition coefficient (Wildman–Crippen LogP) is 4.79. The minimum Gasteiger partial charge on any atom is -0.486 e. The third-order valence-electron chi connectivity index (χ3n) is 6.94. The molecule has 14 heteroatoms. The first kappa shape index (κ1) is 33.8. The van der Waals surface area contributed by atoms with Crippen molar-refractivity contribution in [3.05, 3.63) is 99.4 Å². The first-order chi connectivity index (χ1) is 22.0. The molecule has 0 aliphatic rings. The molecular formula is C32H33F2N5O6S. The number of carbonyl (C=O) groups excluding carboxylic acids is 3. The van der Waals surface area contributed by atoms with Crippen LogP contribution in [0, 0.1) is 11.6 Å². The van der Waals surface area contributed by atoms with Crippen LogP contribution in [0.4, 0.5) is 19.3 Å². The summed E-state index contributed by atoms with van der Waals surface area (Å²) >= 11 is 1.33. The van der Waals surface area contributed by atoms with E-state index in [9.17, 15) is 28.0 Å². The SMILES string of the molecule is COC(=O)N(C)[C@@H](CC/C=C/C(=O)N(C)C)C(=O)Nc1cccn(Cc2nc3cccc(COc4ccc(F)cc4F)c3s2)c1=O. The Hall–Kier alpha value is -5.11. The maximum Gasteiger partial charge on any atom is 0.409 e. The lowest BCUT2D eigenvalue weighted by molar-refractivity contribution is -0.123. The molecule has 3 amide bonds. The highest BCUT2D eigenvalue weighted by molar-refractivity contribution is 7.18. The zero-order chi connectivity index (χ0) is 33.4. The van der Waals surface area contributed by atoms with Crippen molar-refractivity contribution in [1.82, 2.24) is 19.4 Å². The molecule has 0 unspecified atom stereocenters. The number of thiazole rings is 1. The Morgan fingerprint density at radius 1 is 1.11 bits per heavy atom. The molecule has 0 fully saturated rings. The number of amides is 3.